The van der Waals surface area contributed by atoms with Crippen LogP contribution in [0.5, 0.6) is 0 Å². The second-order valence-corrected chi connectivity index (χ2v) is 3.61. The molecule has 1 aromatic carbocycles. The van der Waals surface area contributed by atoms with Gasteiger partial charge < -0.3 is 4.98 Å². The van der Waals surface area contributed by atoms with Crippen molar-refractivity contribution in [1.29, 1.82) is 5.26 Å². The average molecular weight is 202 g/mol. The summed E-state index contributed by atoms with van der Waals surface area (Å²) in [6.07, 6.45) is 2.92. The number of aromatic nitrogens is 1. The number of nitrogens with zero attached hydrogens (tertiary/aromatic N) is 1. The maximum atomic E-state index is 8.78. The lowest BCUT2D eigenvalue weighted by atomic mass is 10.1. The third-order valence-electron chi connectivity index (χ3n) is 2.28. The molecule has 70 valence electrons. The normalized spacial score (nSPS) is 10.3. The number of nitrogens with one attached hydrogen (secondary N) is 1. The van der Waals surface area contributed by atoms with Crippen molar-refractivity contribution < 1.29 is 0 Å². The Labute approximate surface area is 88.0 Å². The molecule has 0 saturated carbocycles. The number of aromatic amines is 1. The lowest BCUT2D eigenvalue weighted by molar-refractivity contribution is 1.18. The van der Waals surface area contributed by atoms with Crippen LogP contribution in [0.4, 0.5) is 0 Å². The standard InChI is InChI=1S/C11H10N2S/c12-6-8-1-2-11-10(5-8)9(3-4-14)7-13-11/h1-2,5,7,13-14H,3-4H2. The zero-order valence-corrected chi connectivity index (χ0v) is 8.51. The molecule has 0 atom stereocenters. The van der Waals surface area contributed by atoms with Gasteiger partial charge in [-0.05, 0) is 35.9 Å². The van der Waals surface area contributed by atoms with Crippen LogP contribution in [0.2, 0.25) is 0 Å². The fourth-order valence-electron chi connectivity index (χ4n) is 1.58. The van der Waals surface area contributed by atoms with Crippen LogP contribution in [0.25, 0.3) is 10.9 Å². The van der Waals surface area contributed by atoms with Crippen LogP contribution in [0, 0.1) is 11.3 Å². The summed E-state index contributed by atoms with van der Waals surface area (Å²) in [6.45, 7) is 0. The molecule has 1 heterocycles. The molecule has 14 heavy (non-hydrogen) atoms. The van der Waals surface area contributed by atoms with Crippen molar-refractivity contribution >= 4 is 23.5 Å². The Morgan fingerprint density at radius 1 is 1.43 bits per heavy atom. The van der Waals surface area contributed by atoms with E-state index in [1.165, 1.54) is 5.56 Å². The lowest BCUT2D eigenvalue weighted by Gasteiger charge is -1.95. The predicted octanol–water partition coefficient (Wildman–Crippen LogP) is 2.51. The quantitative estimate of drug-likeness (QED) is 0.722. The van der Waals surface area contributed by atoms with Gasteiger partial charge in [0.1, 0.15) is 0 Å². The molecule has 0 aliphatic heterocycles. The Balaban J connectivity index is 2.59. The van der Waals surface area contributed by atoms with E-state index in [0.29, 0.717) is 5.56 Å². The van der Waals surface area contributed by atoms with Crippen LogP contribution in [-0.4, -0.2) is 10.7 Å². The summed E-state index contributed by atoms with van der Waals surface area (Å²) in [4.78, 5) is 3.18. The maximum absolute atomic E-state index is 8.78. The van der Waals surface area contributed by atoms with Crippen molar-refractivity contribution in [2.75, 3.05) is 5.75 Å². The Morgan fingerprint density at radius 2 is 2.29 bits per heavy atom. The van der Waals surface area contributed by atoms with Crippen molar-refractivity contribution in [1.82, 2.24) is 4.98 Å². The Morgan fingerprint density at radius 3 is 3.00 bits per heavy atom. The summed E-state index contributed by atoms with van der Waals surface area (Å²) in [5, 5.41) is 9.92. The van der Waals surface area contributed by atoms with Crippen LogP contribution in [-0.2, 0) is 6.42 Å². The number of nitriles is 1. The number of rotatable bonds is 2. The summed E-state index contributed by atoms with van der Waals surface area (Å²) < 4.78 is 0. The van der Waals surface area contributed by atoms with Crippen LogP contribution >= 0.6 is 12.6 Å². The van der Waals surface area contributed by atoms with E-state index < -0.39 is 0 Å². The number of thiol groups is 1. The van der Waals surface area contributed by atoms with Gasteiger partial charge in [0.2, 0.25) is 0 Å². The third kappa shape index (κ3) is 1.49. The van der Waals surface area contributed by atoms with E-state index in [-0.39, 0.29) is 0 Å². The van der Waals surface area contributed by atoms with Gasteiger partial charge in [-0.3, -0.25) is 0 Å². The molecule has 2 rings (SSSR count). The smallest absolute Gasteiger partial charge is 0.0991 e. The monoisotopic (exact) mass is 202 g/mol. The van der Waals surface area contributed by atoms with Crippen LogP contribution < -0.4 is 0 Å². The minimum Gasteiger partial charge on any atom is -0.361 e. The topological polar surface area (TPSA) is 39.6 Å². The van der Waals surface area contributed by atoms with Crippen molar-refractivity contribution in [3.05, 3.63) is 35.5 Å². The van der Waals surface area contributed by atoms with Crippen LogP contribution in [0.3, 0.4) is 0 Å². The van der Waals surface area contributed by atoms with Gasteiger partial charge in [0.15, 0.2) is 0 Å². The molecule has 0 saturated heterocycles. The minimum absolute atomic E-state index is 0.706. The Hall–Kier alpha value is -1.40. The third-order valence-corrected chi connectivity index (χ3v) is 2.50. The average Bonchev–Trinajstić information content (AvgIpc) is 2.61. The van der Waals surface area contributed by atoms with Gasteiger partial charge in [0.25, 0.3) is 0 Å². The number of fused-ring (bicyclic) bond motifs is 1. The largest absolute Gasteiger partial charge is 0.361 e. The molecule has 0 bridgehead atoms. The molecule has 2 aromatic rings. The molecule has 0 fully saturated rings. The molecule has 1 N–H and O–H groups in total. The molecule has 0 radical (unpaired) electrons. The van der Waals surface area contributed by atoms with Gasteiger partial charge in [-0.25, -0.2) is 0 Å². The Bertz CT molecular complexity index is 493. The second-order valence-electron chi connectivity index (χ2n) is 3.16. The summed E-state index contributed by atoms with van der Waals surface area (Å²) in [5.41, 5.74) is 3.02. The SMILES string of the molecule is N#Cc1ccc2[nH]cc(CCS)c2c1. The fraction of sp³-hybridized carbons (Fsp3) is 0.182. The summed E-state index contributed by atoms with van der Waals surface area (Å²) in [5.74, 6) is 0.823. The number of benzene rings is 1. The summed E-state index contributed by atoms with van der Waals surface area (Å²) in [6, 6.07) is 7.83. The molecular weight excluding hydrogens is 192 g/mol. The van der Waals surface area contributed by atoms with Gasteiger partial charge in [-0.2, -0.15) is 17.9 Å². The summed E-state index contributed by atoms with van der Waals surface area (Å²) in [7, 11) is 0. The Kier molecular flexibility index (Phi) is 2.47. The van der Waals surface area contributed by atoms with Gasteiger partial charge in [0.05, 0.1) is 11.6 Å². The van der Waals surface area contributed by atoms with Gasteiger partial charge >= 0.3 is 0 Å². The van der Waals surface area contributed by atoms with E-state index in [1.54, 1.807) is 0 Å². The molecule has 0 aliphatic carbocycles. The van der Waals surface area contributed by atoms with Crippen LogP contribution in [0.1, 0.15) is 11.1 Å². The van der Waals surface area contributed by atoms with E-state index in [1.807, 2.05) is 24.4 Å². The van der Waals surface area contributed by atoms with Gasteiger partial charge in [-0.15, -0.1) is 0 Å². The second kappa shape index (κ2) is 3.77. The zero-order chi connectivity index (χ0) is 9.97. The first-order valence-corrected chi connectivity index (χ1v) is 5.09. The first kappa shape index (κ1) is 9.17. The number of hydrogen-bond acceptors (Lipinski definition) is 2. The van der Waals surface area contributed by atoms with Crippen molar-refractivity contribution in [2.45, 2.75) is 6.42 Å². The molecule has 0 spiro atoms. The highest BCUT2D eigenvalue weighted by Crippen LogP contribution is 2.20. The molecule has 2 nitrogen and oxygen atoms in total. The first-order chi connectivity index (χ1) is 6.85. The lowest BCUT2D eigenvalue weighted by Crippen LogP contribution is -1.83. The zero-order valence-electron chi connectivity index (χ0n) is 7.62. The molecule has 0 amide bonds. The predicted molar refractivity (Wildman–Crippen MR) is 60.6 cm³/mol. The molecule has 0 aliphatic rings. The highest BCUT2D eigenvalue weighted by atomic mass is 32.1. The number of H-pyrrole nitrogens is 1. The molecule has 1 aromatic heterocycles. The van der Waals surface area contributed by atoms with E-state index in [0.717, 1.165) is 23.1 Å². The van der Waals surface area contributed by atoms with Crippen molar-refractivity contribution in [3.8, 4) is 6.07 Å². The van der Waals surface area contributed by atoms with Crippen LogP contribution in [0.15, 0.2) is 24.4 Å². The van der Waals surface area contributed by atoms with Crippen molar-refractivity contribution in [2.24, 2.45) is 0 Å². The maximum Gasteiger partial charge on any atom is 0.0991 e. The molecular formula is C11H10N2S. The summed E-state index contributed by atoms with van der Waals surface area (Å²) >= 11 is 4.20. The van der Waals surface area contributed by atoms with E-state index in [9.17, 15) is 0 Å². The highest BCUT2D eigenvalue weighted by molar-refractivity contribution is 7.80. The number of hydrogen-bond donors (Lipinski definition) is 2. The highest BCUT2D eigenvalue weighted by Gasteiger charge is 2.03. The number of aryl methyl sites for hydroxylation is 1. The van der Waals surface area contributed by atoms with E-state index in [2.05, 4.69) is 23.7 Å². The van der Waals surface area contributed by atoms with E-state index in [4.69, 9.17) is 5.26 Å². The van der Waals surface area contributed by atoms with Gasteiger partial charge in [-0.1, -0.05) is 0 Å². The minimum atomic E-state index is 0.706. The molecule has 3 heteroatoms. The first-order valence-electron chi connectivity index (χ1n) is 4.46. The van der Waals surface area contributed by atoms with Gasteiger partial charge in [0, 0.05) is 17.1 Å². The van der Waals surface area contributed by atoms with E-state index >= 15 is 0 Å². The van der Waals surface area contributed by atoms with Crippen molar-refractivity contribution in [3.63, 3.8) is 0 Å². The fourth-order valence-corrected chi connectivity index (χ4v) is 1.82. The molecule has 0 unspecified atom stereocenters.